The molecule has 0 aliphatic carbocycles. The first-order valence-corrected chi connectivity index (χ1v) is 5.49. The number of benzene rings is 1. The van der Waals surface area contributed by atoms with E-state index in [2.05, 4.69) is 9.97 Å². The number of aromatic amines is 1. The van der Waals surface area contributed by atoms with Crippen LogP contribution in [-0.4, -0.2) is 22.5 Å². The minimum Gasteiger partial charge on any atom is -0.462 e. The average Bonchev–Trinajstić information content (AvgIpc) is 2.75. The molecule has 0 aliphatic rings. The third-order valence-electron chi connectivity index (χ3n) is 2.33. The predicted octanol–water partition coefficient (Wildman–Crippen LogP) is 2.48. The fourth-order valence-corrected chi connectivity index (χ4v) is 1.87. The van der Waals surface area contributed by atoms with Gasteiger partial charge < -0.3 is 9.72 Å². The molecule has 16 heavy (non-hydrogen) atoms. The first kappa shape index (κ1) is 11.0. The van der Waals surface area contributed by atoms with Crippen molar-refractivity contribution < 1.29 is 9.53 Å². The second-order valence-corrected chi connectivity index (χ2v) is 3.51. The highest BCUT2D eigenvalue weighted by Crippen LogP contribution is 2.22. The van der Waals surface area contributed by atoms with Gasteiger partial charge in [0.1, 0.15) is 0 Å². The molecule has 0 bridgehead atoms. The molecule has 0 radical (unpaired) electrons. The maximum atomic E-state index is 11.7. The highest BCUT2D eigenvalue weighted by Gasteiger charge is 2.15. The van der Waals surface area contributed by atoms with Crippen LogP contribution in [0.25, 0.3) is 11.0 Å². The summed E-state index contributed by atoms with van der Waals surface area (Å²) in [5.74, 6) is -0.126. The molecule has 2 aromatic rings. The number of ether oxygens (including phenoxy) is 1. The van der Waals surface area contributed by atoms with E-state index in [0.29, 0.717) is 17.7 Å². The fourth-order valence-electron chi connectivity index (χ4n) is 1.60. The van der Waals surface area contributed by atoms with E-state index in [4.69, 9.17) is 16.3 Å². The predicted molar refractivity (Wildman–Crippen MR) is 61.6 cm³/mol. The van der Waals surface area contributed by atoms with Gasteiger partial charge in [0.05, 0.1) is 35.4 Å². The summed E-state index contributed by atoms with van der Waals surface area (Å²) < 4.78 is 4.96. The summed E-state index contributed by atoms with van der Waals surface area (Å²) in [5, 5.41) is 0. The monoisotopic (exact) mass is 238 g/mol. The number of hydrogen-bond donors (Lipinski definition) is 1. The van der Waals surface area contributed by atoms with Crippen molar-refractivity contribution in [1.82, 2.24) is 9.97 Å². The third-order valence-corrected chi connectivity index (χ3v) is 2.59. The smallest absolute Gasteiger partial charge is 0.338 e. The molecule has 0 spiro atoms. The Labute approximate surface area is 97.6 Å². The zero-order valence-electron chi connectivity index (χ0n) is 8.79. The second kappa shape index (κ2) is 4.53. The van der Waals surface area contributed by atoms with Gasteiger partial charge in [-0.2, -0.15) is 0 Å². The standard InChI is InChI=1S/C11H11ClN2O2/c1-2-16-11(15)7-3-4-9-10(8(7)5-12)14-6-13-9/h3-4,6H,2,5H2,1H3,(H,13,14). The van der Waals surface area contributed by atoms with Gasteiger partial charge in [0.25, 0.3) is 0 Å². The first-order valence-electron chi connectivity index (χ1n) is 4.96. The van der Waals surface area contributed by atoms with Crippen LogP contribution in [0.3, 0.4) is 0 Å². The topological polar surface area (TPSA) is 55.0 Å². The maximum Gasteiger partial charge on any atom is 0.338 e. The van der Waals surface area contributed by atoms with E-state index >= 15 is 0 Å². The Balaban J connectivity index is 2.56. The summed E-state index contributed by atoms with van der Waals surface area (Å²) in [5.41, 5.74) is 2.78. The van der Waals surface area contributed by atoms with E-state index in [0.717, 1.165) is 11.0 Å². The molecule has 0 unspecified atom stereocenters. The molecule has 1 heterocycles. The summed E-state index contributed by atoms with van der Waals surface area (Å²) in [6, 6.07) is 3.50. The molecule has 1 N–H and O–H groups in total. The molecule has 0 saturated heterocycles. The maximum absolute atomic E-state index is 11.7. The van der Waals surface area contributed by atoms with Crippen molar-refractivity contribution in [3.63, 3.8) is 0 Å². The number of carbonyl (C=O) groups is 1. The number of halogens is 1. The lowest BCUT2D eigenvalue weighted by molar-refractivity contribution is 0.0525. The van der Waals surface area contributed by atoms with E-state index in [1.807, 2.05) is 0 Å². The molecule has 1 aromatic carbocycles. The van der Waals surface area contributed by atoms with Gasteiger partial charge in [-0.25, -0.2) is 9.78 Å². The molecule has 84 valence electrons. The number of nitrogens with zero attached hydrogens (tertiary/aromatic N) is 1. The number of carbonyl (C=O) groups excluding carboxylic acids is 1. The van der Waals surface area contributed by atoms with Crippen LogP contribution in [0, 0.1) is 0 Å². The van der Waals surface area contributed by atoms with Crippen molar-refractivity contribution in [2.24, 2.45) is 0 Å². The van der Waals surface area contributed by atoms with Gasteiger partial charge in [-0.05, 0) is 19.1 Å². The third kappa shape index (κ3) is 1.76. The minimum atomic E-state index is -0.358. The van der Waals surface area contributed by atoms with Gasteiger partial charge in [-0.3, -0.25) is 0 Å². The van der Waals surface area contributed by atoms with Crippen LogP contribution >= 0.6 is 11.6 Å². The summed E-state index contributed by atoms with van der Waals surface area (Å²) >= 11 is 5.85. The molecule has 4 nitrogen and oxygen atoms in total. The summed E-state index contributed by atoms with van der Waals surface area (Å²) in [6.07, 6.45) is 1.58. The molecule has 2 rings (SSSR count). The van der Waals surface area contributed by atoms with Crippen LogP contribution in [0.1, 0.15) is 22.8 Å². The number of fused-ring (bicyclic) bond motifs is 1. The van der Waals surface area contributed by atoms with E-state index in [9.17, 15) is 4.79 Å². The van der Waals surface area contributed by atoms with Crippen LogP contribution in [-0.2, 0) is 10.6 Å². The first-order chi connectivity index (χ1) is 7.77. The number of nitrogens with one attached hydrogen (secondary N) is 1. The van der Waals surface area contributed by atoms with Crippen molar-refractivity contribution in [2.75, 3.05) is 6.61 Å². The molecule has 1 aromatic heterocycles. The van der Waals surface area contributed by atoms with Gasteiger partial charge in [-0.15, -0.1) is 11.6 Å². The van der Waals surface area contributed by atoms with Gasteiger partial charge in [-0.1, -0.05) is 0 Å². The molecule has 0 saturated carbocycles. The number of hydrogen-bond acceptors (Lipinski definition) is 3. The summed E-state index contributed by atoms with van der Waals surface area (Å²) in [6.45, 7) is 2.12. The number of alkyl halides is 1. The van der Waals surface area contributed by atoms with Crippen molar-refractivity contribution in [1.29, 1.82) is 0 Å². The molecular weight excluding hydrogens is 228 g/mol. The Bertz CT molecular complexity index is 522. The highest BCUT2D eigenvalue weighted by atomic mass is 35.5. The zero-order valence-corrected chi connectivity index (χ0v) is 9.54. The molecule has 0 atom stereocenters. The van der Waals surface area contributed by atoms with Crippen LogP contribution in [0.15, 0.2) is 18.5 Å². The Morgan fingerprint density at radius 1 is 1.56 bits per heavy atom. The van der Waals surface area contributed by atoms with Crippen molar-refractivity contribution in [3.05, 3.63) is 29.6 Å². The Hall–Kier alpha value is -1.55. The minimum absolute atomic E-state index is 0.232. The van der Waals surface area contributed by atoms with Gasteiger partial charge in [0.2, 0.25) is 0 Å². The lowest BCUT2D eigenvalue weighted by atomic mass is 10.1. The van der Waals surface area contributed by atoms with E-state index in [1.165, 1.54) is 0 Å². The van der Waals surface area contributed by atoms with Gasteiger partial charge in [0.15, 0.2) is 0 Å². The van der Waals surface area contributed by atoms with E-state index in [1.54, 1.807) is 25.4 Å². The van der Waals surface area contributed by atoms with Crippen molar-refractivity contribution in [2.45, 2.75) is 12.8 Å². The average molecular weight is 239 g/mol. The zero-order chi connectivity index (χ0) is 11.5. The van der Waals surface area contributed by atoms with Crippen LogP contribution in [0.4, 0.5) is 0 Å². The molecular formula is C11H11ClN2O2. The lowest BCUT2D eigenvalue weighted by Gasteiger charge is -2.06. The second-order valence-electron chi connectivity index (χ2n) is 3.24. The van der Waals surface area contributed by atoms with Crippen LogP contribution < -0.4 is 0 Å². The molecule has 0 aliphatic heterocycles. The largest absolute Gasteiger partial charge is 0.462 e. The van der Waals surface area contributed by atoms with Gasteiger partial charge >= 0.3 is 5.97 Å². The molecule has 0 fully saturated rings. The molecule has 0 amide bonds. The van der Waals surface area contributed by atoms with E-state index in [-0.39, 0.29) is 11.8 Å². The normalized spacial score (nSPS) is 10.6. The number of aromatic nitrogens is 2. The molecule has 5 heteroatoms. The van der Waals surface area contributed by atoms with Crippen LogP contribution in [0.2, 0.25) is 0 Å². The summed E-state index contributed by atoms with van der Waals surface area (Å²) in [7, 11) is 0. The number of esters is 1. The number of rotatable bonds is 3. The Kier molecular flexibility index (Phi) is 3.10. The Morgan fingerprint density at radius 2 is 2.38 bits per heavy atom. The Morgan fingerprint density at radius 3 is 3.06 bits per heavy atom. The fraction of sp³-hybridized carbons (Fsp3) is 0.273. The number of H-pyrrole nitrogens is 1. The summed E-state index contributed by atoms with van der Waals surface area (Å²) in [4.78, 5) is 18.8. The number of imidazole rings is 1. The highest BCUT2D eigenvalue weighted by molar-refractivity contribution is 6.18. The van der Waals surface area contributed by atoms with E-state index < -0.39 is 0 Å². The lowest BCUT2D eigenvalue weighted by Crippen LogP contribution is -2.07. The van der Waals surface area contributed by atoms with Crippen LogP contribution in [0.5, 0.6) is 0 Å². The van der Waals surface area contributed by atoms with Crippen molar-refractivity contribution in [3.8, 4) is 0 Å². The van der Waals surface area contributed by atoms with Gasteiger partial charge in [0, 0.05) is 5.56 Å². The quantitative estimate of drug-likeness (QED) is 0.660. The van der Waals surface area contributed by atoms with Crippen molar-refractivity contribution >= 4 is 28.6 Å². The SMILES string of the molecule is CCOC(=O)c1ccc2[nH]cnc2c1CCl.